The molecule has 1 aromatic carbocycles. The van der Waals surface area contributed by atoms with Gasteiger partial charge in [-0.15, -0.1) is 0 Å². The van der Waals surface area contributed by atoms with E-state index < -0.39 is 17.5 Å². The van der Waals surface area contributed by atoms with Crippen molar-refractivity contribution in [1.82, 2.24) is 0 Å². The van der Waals surface area contributed by atoms with Crippen LogP contribution < -0.4 is 5.32 Å². The summed E-state index contributed by atoms with van der Waals surface area (Å²) < 4.78 is 48.5. The molecule has 0 aliphatic heterocycles. The van der Waals surface area contributed by atoms with Crippen LogP contribution in [0.1, 0.15) is 0 Å². The Morgan fingerprint density at radius 1 is 1.06 bits per heavy atom. The predicted molar refractivity (Wildman–Crippen MR) is 57.5 cm³/mol. The van der Waals surface area contributed by atoms with Crippen molar-refractivity contribution in [3.63, 3.8) is 0 Å². The Morgan fingerprint density at radius 2 is 1.82 bits per heavy atom. The number of anilines is 1. The van der Waals surface area contributed by atoms with Crippen LogP contribution >= 0.6 is 0 Å². The molecular weight excluding hydrogens is 235 g/mol. The van der Waals surface area contributed by atoms with Crippen molar-refractivity contribution in [2.24, 2.45) is 0 Å². The third-order valence-corrected chi connectivity index (χ3v) is 2.03. The first kappa shape index (κ1) is 13.8. The Labute approximate surface area is 97.5 Å². The first-order chi connectivity index (χ1) is 8.16. The fourth-order valence-corrected chi connectivity index (χ4v) is 1.16. The van der Waals surface area contributed by atoms with Crippen LogP contribution in [0, 0.1) is 17.5 Å². The van der Waals surface area contributed by atoms with Gasteiger partial charge >= 0.3 is 0 Å². The van der Waals surface area contributed by atoms with Gasteiger partial charge in [-0.1, -0.05) is 0 Å². The Morgan fingerprint density at radius 3 is 2.53 bits per heavy atom. The van der Waals surface area contributed by atoms with Gasteiger partial charge in [0.15, 0.2) is 17.5 Å². The van der Waals surface area contributed by atoms with Crippen LogP contribution in [-0.2, 0) is 9.47 Å². The van der Waals surface area contributed by atoms with Crippen molar-refractivity contribution < 1.29 is 22.6 Å². The largest absolute Gasteiger partial charge is 0.382 e. The molecular formula is C11H14F3NO2. The van der Waals surface area contributed by atoms with E-state index in [9.17, 15) is 13.2 Å². The van der Waals surface area contributed by atoms with Gasteiger partial charge in [-0.25, -0.2) is 13.2 Å². The molecule has 0 aliphatic carbocycles. The summed E-state index contributed by atoms with van der Waals surface area (Å²) in [6.07, 6.45) is 0. The van der Waals surface area contributed by atoms with E-state index in [1.165, 1.54) is 0 Å². The maximum absolute atomic E-state index is 13.2. The van der Waals surface area contributed by atoms with E-state index in [0.29, 0.717) is 26.4 Å². The van der Waals surface area contributed by atoms with Crippen LogP contribution in [-0.4, -0.2) is 33.5 Å². The Bertz CT molecular complexity index is 361. The first-order valence-corrected chi connectivity index (χ1v) is 5.11. The van der Waals surface area contributed by atoms with Crippen molar-refractivity contribution in [2.75, 3.05) is 38.8 Å². The summed E-state index contributed by atoms with van der Waals surface area (Å²) >= 11 is 0. The quantitative estimate of drug-likeness (QED) is 0.593. The molecule has 0 saturated heterocycles. The normalized spacial score (nSPS) is 10.6. The minimum absolute atomic E-state index is 0.0840. The van der Waals surface area contributed by atoms with Gasteiger partial charge in [0.25, 0.3) is 0 Å². The maximum Gasteiger partial charge on any atom is 0.196 e. The summed E-state index contributed by atoms with van der Waals surface area (Å²) in [6.45, 7) is 1.52. The summed E-state index contributed by atoms with van der Waals surface area (Å²) in [7, 11) is 1.55. The number of hydrogen-bond acceptors (Lipinski definition) is 3. The van der Waals surface area contributed by atoms with E-state index in [4.69, 9.17) is 9.47 Å². The molecule has 0 heterocycles. The fraction of sp³-hybridized carbons (Fsp3) is 0.455. The molecule has 3 nitrogen and oxygen atoms in total. The van der Waals surface area contributed by atoms with Crippen LogP contribution in [0.5, 0.6) is 0 Å². The van der Waals surface area contributed by atoms with Crippen molar-refractivity contribution in [3.8, 4) is 0 Å². The van der Waals surface area contributed by atoms with Gasteiger partial charge in [0.1, 0.15) is 0 Å². The smallest absolute Gasteiger partial charge is 0.196 e. The SMILES string of the molecule is COCCOCCNc1ccc(F)c(F)c1F. The molecule has 1 N–H and O–H groups in total. The lowest BCUT2D eigenvalue weighted by atomic mass is 10.3. The van der Waals surface area contributed by atoms with Gasteiger partial charge < -0.3 is 14.8 Å². The van der Waals surface area contributed by atoms with E-state index >= 15 is 0 Å². The lowest BCUT2D eigenvalue weighted by Crippen LogP contribution is -2.13. The van der Waals surface area contributed by atoms with E-state index in [2.05, 4.69) is 5.32 Å². The number of ether oxygens (including phenoxy) is 2. The fourth-order valence-electron chi connectivity index (χ4n) is 1.16. The van der Waals surface area contributed by atoms with Gasteiger partial charge in [0.05, 0.1) is 25.5 Å². The molecule has 0 unspecified atom stereocenters. The van der Waals surface area contributed by atoms with Gasteiger partial charge in [-0.2, -0.15) is 0 Å². The van der Waals surface area contributed by atoms with E-state index in [0.717, 1.165) is 12.1 Å². The average molecular weight is 249 g/mol. The molecule has 0 amide bonds. The molecule has 0 fully saturated rings. The third-order valence-electron chi connectivity index (χ3n) is 2.03. The minimum Gasteiger partial charge on any atom is -0.382 e. The molecule has 0 saturated carbocycles. The first-order valence-electron chi connectivity index (χ1n) is 5.11. The third kappa shape index (κ3) is 4.24. The van der Waals surface area contributed by atoms with Crippen LogP contribution in [0.25, 0.3) is 0 Å². The summed E-state index contributed by atoms with van der Waals surface area (Å²) in [6, 6.07) is 2.01. The molecule has 0 spiro atoms. The summed E-state index contributed by atoms with van der Waals surface area (Å²) in [5.41, 5.74) is -0.0840. The molecule has 0 atom stereocenters. The summed E-state index contributed by atoms with van der Waals surface area (Å²) in [5.74, 6) is -3.90. The van der Waals surface area contributed by atoms with E-state index in [1.54, 1.807) is 7.11 Å². The highest BCUT2D eigenvalue weighted by Gasteiger charge is 2.12. The summed E-state index contributed by atoms with van der Waals surface area (Å²) in [4.78, 5) is 0. The van der Waals surface area contributed by atoms with Gasteiger partial charge in [0.2, 0.25) is 0 Å². The van der Waals surface area contributed by atoms with Crippen LogP contribution in [0.4, 0.5) is 18.9 Å². The predicted octanol–water partition coefficient (Wildman–Crippen LogP) is 2.18. The van der Waals surface area contributed by atoms with E-state index in [-0.39, 0.29) is 5.69 Å². The lowest BCUT2D eigenvalue weighted by Gasteiger charge is -2.08. The highest BCUT2D eigenvalue weighted by Crippen LogP contribution is 2.19. The number of methoxy groups -OCH3 is 1. The maximum atomic E-state index is 13.2. The highest BCUT2D eigenvalue weighted by molar-refractivity contribution is 5.45. The van der Waals surface area contributed by atoms with Crippen molar-refractivity contribution >= 4 is 5.69 Å². The van der Waals surface area contributed by atoms with Crippen LogP contribution in [0.3, 0.4) is 0 Å². The molecule has 0 bridgehead atoms. The summed E-state index contributed by atoms with van der Waals surface area (Å²) in [5, 5.41) is 2.61. The minimum atomic E-state index is -1.48. The number of halogens is 3. The Hall–Kier alpha value is -1.27. The zero-order valence-electron chi connectivity index (χ0n) is 9.43. The highest BCUT2D eigenvalue weighted by atomic mass is 19.2. The molecule has 0 radical (unpaired) electrons. The zero-order valence-corrected chi connectivity index (χ0v) is 9.43. The van der Waals surface area contributed by atoms with Crippen molar-refractivity contribution in [1.29, 1.82) is 0 Å². The standard InChI is InChI=1S/C11H14F3NO2/c1-16-6-7-17-5-4-15-9-3-2-8(12)10(13)11(9)14/h2-3,15H,4-7H2,1H3. The number of rotatable bonds is 7. The second-order valence-corrected chi connectivity index (χ2v) is 3.25. The number of nitrogens with one attached hydrogen (secondary N) is 1. The van der Waals surface area contributed by atoms with Crippen molar-refractivity contribution in [2.45, 2.75) is 0 Å². The van der Waals surface area contributed by atoms with E-state index in [1.807, 2.05) is 0 Å². The average Bonchev–Trinajstić information content (AvgIpc) is 2.33. The number of hydrogen-bond donors (Lipinski definition) is 1. The molecule has 6 heteroatoms. The Balaban J connectivity index is 2.35. The molecule has 17 heavy (non-hydrogen) atoms. The molecule has 1 aromatic rings. The topological polar surface area (TPSA) is 30.5 Å². The molecule has 1 rings (SSSR count). The Kier molecular flexibility index (Phi) is 5.79. The van der Waals surface area contributed by atoms with Gasteiger partial charge in [-0.05, 0) is 12.1 Å². The van der Waals surface area contributed by atoms with Gasteiger partial charge in [0, 0.05) is 13.7 Å². The number of benzene rings is 1. The second-order valence-electron chi connectivity index (χ2n) is 3.25. The van der Waals surface area contributed by atoms with Crippen LogP contribution in [0.2, 0.25) is 0 Å². The zero-order chi connectivity index (χ0) is 12.7. The molecule has 0 aromatic heterocycles. The van der Waals surface area contributed by atoms with Crippen molar-refractivity contribution in [3.05, 3.63) is 29.6 Å². The van der Waals surface area contributed by atoms with Gasteiger partial charge in [-0.3, -0.25) is 0 Å². The molecule has 0 aliphatic rings. The monoisotopic (exact) mass is 249 g/mol. The second kappa shape index (κ2) is 7.13. The van der Waals surface area contributed by atoms with Crippen LogP contribution in [0.15, 0.2) is 12.1 Å². The lowest BCUT2D eigenvalue weighted by molar-refractivity contribution is 0.0759. The molecule has 96 valence electrons.